The molecule has 9 heteroatoms. The van der Waals surface area contributed by atoms with Crippen molar-refractivity contribution in [2.45, 2.75) is 25.8 Å². The third-order valence-corrected chi connectivity index (χ3v) is 5.44. The lowest BCUT2D eigenvalue weighted by Gasteiger charge is -2.36. The zero-order chi connectivity index (χ0) is 23.6. The van der Waals surface area contributed by atoms with Gasteiger partial charge in [-0.05, 0) is 36.8 Å². The van der Waals surface area contributed by atoms with Crippen molar-refractivity contribution in [2.75, 3.05) is 26.3 Å². The lowest BCUT2D eigenvalue weighted by atomic mass is 10.1. The molecule has 0 aliphatic carbocycles. The van der Waals surface area contributed by atoms with Crippen molar-refractivity contribution in [3.63, 3.8) is 0 Å². The molecule has 0 bridgehead atoms. The van der Waals surface area contributed by atoms with Crippen molar-refractivity contribution in [3.05, 3.63) is 65.7 Å². The maximum Gasteiger partial charge on any atom is 0.308 e. The Bertz CT molecular complexity index is 999. The Kier molecular flexibility index (Phi) is 8.77. The van der Waals surface area contributed by atoms with E-state index in [9.17, 15) is 14.4 Å². The Morgan fingerprint density at radius 2 is 1.88 bits per heavy atom. The summed E-state index contributed by atoms with van der Waals surface area (Å²) in [6, 6.07) is 15.6. The van der Waals surface area contributed by atoms with Crippen molar-refractivity contribution in [1.29, 1.82) is 0 Å². The highest BCUT2D eigenvalue weighted by Crippen LogP contribution is 2.18. The largest absolute Gasteiger partial charge is 0.493 e. The van der Waals surface area contributed by atoms with Gasteiger partial charge in [-0.3, -0.25) is 19.7 Å². The number of benzene rings is 2. The monoisotopic (exact) mass is 469 g/mol. The van der Waals surface area contributed by atoms with Gasteiger partial charge in [0.1, 0.15) is 11.8 Å². The average Bonchev–Trinajstić information content (AvgIpc) is 2.81. The van der Waals surface area contributed by atoms with Gasteiger partial charge in [0.15, 0.2) is 5.11 Å². The van der Waals surface area contributed by atoms with E-state index in [-0.39, 0.29) is 24.0 Å². The van der Waals surface area contributed by atoms with Crippen molar-refractivity contribution >= 4 is 35.1 Å². The first-order chi connectivity index (χ1) is 16.0. The molecule has 1 aliphatic heterocycles. The van der Waals surface area contributed by atoms with Gasteiger partial charge in [-0.25, -0.2) is 0 Å². The summed E-state index contributed by atoms with van der Waals surface area (Å²) < 4.78 is 10.8. The van der Waals surface area contributed by atoms with Crippen LogP contribution in [0.5, 0.6) is 5.75 Å². The van der Waals surface area contributed by atoms with Crippen molar-refractivity contribution in [3.8, 4) is 5.75 Å². The molecule has 0 radical (unpaired) electrons. The summed E-state index contributed by atoms with van der Waals surface area (Å²) in [5, 5.41) is 5.47. The van der Waals surface area contributed by atoms with Gasteiger partial charge in [0.25, 0.3) is 5.91 Å². The molecule has 33 heavy (non-hydrogen) atoms. The van der Waals surface area contributed by atoms with Gasteiger partial charge in [-0.2, -0.15) is 0 Å². The highest BCUT2D eigenvalue weighted by Gasteiger charge is 2.34. The fraction of sp³-hybridized carbons (Fsp3) is 0.333. The van der Waals surface area contributed by atoms with Crippen LogP contribution in [0.3, 0.4) is 0 Å². The van der Waals surface area contributed by atoms with Gasteiger partial charge in [-0.1, -0.05) is 42.5 Å². The molecule has 174 valence electrons. The van der Waals surface area contributed by atoms with E-state index in [1.54, 1.807) is 29.2 Å². The minimum absolute atomic E-state index is 0.0724. The van der Waals surface area contributed by atoms with E-state index in [1.165, 1.54) is 0 Å². The average molecular weight is 470 g/mol. The third-order valence-electron chi connectivity index (χ3n) is 5.10. The Morgan fingerprint density at radius 3 is 2.64 bits per heavy atom. The maximum atomic E-state index is 12.8. The molecule has 2 amide bonds. The molecule has 0 spiro atoms. The Balaban J connectivity index is 1.59. The fourth-order valence-electron chi connectivity index (χ4n) is 3.48. The lowest BCUT2D eigenvalue weighted by molar-refractivity contribution is -0.147. The molecule has 2 aromatic rings. The number of esters is 1. The zero-order valence-corrected chi connectivity index (χ0v) is 19.2. The molecule has 3 rings (SSSR count). The number of nitrogens with zero attached hydrogens (tertiary/aromatic N) is 1. The molecule has 2 aromatic carbocycles. The molecule has 0 saturated carbocycles. The predicted octanol–water partition coefficient (Wildman–Crippen LogP) is 2.08. The van der Waals surface area contributed by atoms with Crippen LogP contribution in [0.25, 0.3) is 0 Å². The molecular weight excluding hydrogens is 442 g/mol. The van der Waals surface area contributed by atoms with Crippen LogP contribution < -0.4 is 15.4 Å². The number of ether oxygens (including phenoxy) is 2. The third kappa shape index (κ3) is 6.76. The van der Waals surface area contributed by atoms with Crippen LogP contribution in [-0.2, 0) is 20.7 Å². The van der Waals surface area contributed by atoms with E-state index in [1.807, 2.05) is 37.3 Å². The smallest absolute Gasteiger partial charge is 0.308 e. The molecule has 1 saturated heterocycles. The summed E-state index contributed by atoms with van der Waals surface area (Å²) in [5.74, 6) is -0.851. The quantitative estimate of drug-likeness (QED) is 0.451. The second-order valence-corrected chi connectivity index (χ2v) is 7.74. The number of thiocarbonyl (C=S) groups is 1. The maximum absolute atomic E-state index is 12.8. The van der Waals surface area contributed by atoms with Gasteiger partial charge in [0.2, 0.25) is 5.91 Å². The van der Waals surface area contributed by atoms with Crippen molar-refractivity contribution < 1.29 is 23.9 Å². The van der Waals surface area contributed by atoms with E-state index in [2.05, 4.69) is 10.6 Å². The summed E-state index contributed by atoms with van der Waals surface area (Å²) in [6.45, 7) is 3.17. The van der Waals surface area contributed by atoms with Gasteiger partial charge in [0, 0.05) is 19.5 Å². The highest BCUT2D eigenvalue weighted by molar-refractivity contribution is 7.80. The topological polar surface area (TPSA) is 97.0 Å². The molecular formula is C24H27N3O5S. The van der Waals surface area contributed by atoms with E-state index < -0.39 is 17.9 Å². The van der Waals surface area contributed by atoms with E-state index in [0.717, 1.165) is 5.56 Å². The number of carbonyl (C=O) groups excluding carboxylic acids is 3. The summed E-state index contributed by atoms with van der Waals surface area (Å²) in [5.41, 5.74) is 1.39. The summed E-state index contributed by atoms with van der Waals surface area (Å²) in [4.78, 5) is 39.2. The standard InChI is InChI=1S/C24H27N3O5S/c1-2-31-20-11-7-6-10-18(20)22(29)26-24(33)27-14-13-25-23(30)19(27)16-21(28)32-15-12-17-8-4-3-5-9-17/h3-11,19H,2,12-16H2,1H3,(H,25,30)(H,26,29,33). The highest BCUT2D eigenvalue weighted by atomic mass is 32.1. The second-order valence-electron chi connectivity index (χ2n) is 7.35. The Hall–Kier alpha value is -3.46. The van der Waals surface area contributed by atoms with Gasteiger partial charge in [-0.15, -0.1) is 0 Å². The van der Waals surface area contributed by atoms with Crippen LogP contribution in [0.2, 0.25) is 0 Å². The number of hydrogen-bond acceptors (Lipinski definition) is 6. The van der Waals surface area contributed by atoms with Crippen LogP contribution in [0.15, 0.2) is 54.6 Å². The van der Waals surface area contributed by atoms with E-state index >= 15 is 0 Å². The summed E-state index contributed by atoms with van der Waals surface area (Å²) in [7, 11) is 0. The van der Waals surface area contributed by atoms with Gasteiger partial charge >= 0.3 is 5.97 Å². The molecule has 1 atom stereocenters. The Morgan fingerprint density at radius 1 is 1.15 bits per heavy atom. The zero-order valence-electron chi connectivity index (χ0n) is 18.4. The number of nitrogens with one attached hydrogen (secondary N) is 2. The Labute approximate surface area is 198 Å². The molecule has 1 aliphatic rings. The molecule has 0 aromatic heterocycles. The molecule has 2 N–H and O–H groups in total. The van der Waals surface area contributed by atoms with E-state index in [0.29, 0.717) is 37.4 Å². The normalized spacial score (nSPS) is 15.4. The van der Waals surface area contributed by atoms with Crippen molar-refractivity contribution in [2.24, 2.45) is 0 Å². The first-order valence-electron chi connectivity index (χ1n) is 10.8. The molecule has 1 unspecified atom stereocenters. The minimum Gasteiger partial charge on any atom is -0.493 e. The van der Waals surface area contributed by atoms with Crippen LogP contribution in [0.4, 0.5) is 0 Å². The minimum atomic E-state index is -0.863. The lowest BCUT2D eigenvalue weighted by Crippen LogP contribution is -2.60. The van der Waals surface area contributed by atoms with Crippen LogP contribution >= 0.6 is 12.2 Å². The fourth-order valence-corrected chi connectivity index (χ4v) is 3.79. The first-order valence-corrected chi connectivity index (χ1v) is 11.2. The van der Waals surface area contributed by atoms with Gasteiger partial charge < -0.3 is 19.7 Å². The van der Waals surface area contributed by atoms with E-state index in [4.69, 9.17) is 21.7 Å². The van der Waals surface area contributed by atoms with Crippen LogP contribution in [0, 0.1) is 0 Å². The van der Waals surface area contributed by atoms with Gasteiger partial charge in [0.05, 0.1) is 25.2 Å². The number of hydrogen-bond donors (Lipinski definition) is 2. The SMILES string of the molecule is CCOc1ccccc1C(=O)NC(=S)N1CCNC(=O)C1CC(=O)OCCc1ccccc1. The summed E-state index contributed by atoms with van der Waals surface area (Å²) >= 11 is 5.41. The second kappa shape index (κ2) is 12.0. The summed E-state index contributed by atoms with van der Waals surface area (Å²) in [6.07, 6.45) is 0.410. The van der Waals surface area contributed by atoms with Crippen LogP contribution in [-0.4, -0.2) is 60.1 Å². The number of piperazine rings is 1. The predicted molar refractivity (Wildman–Crippen MR) is 127 cm³/mol. The number of amides is 2. The first kappa shape index (κ1) is 24.2. The molecule has 8 nitrogen and oxygen atoms in total. The number of para-hydroxylation sites is 1. The number of carbonyl (C=O) groups is 3. The molecule has 1 heterocycles. The number of rotatable bonds is 8. The molecule has 1 fully saturated rings. The van der Waals surface area contributed by atoms with Crippen molar-refractivity contribution in [1.82, 2.24) is 15.5 Å². The van der Waals surface area contributed by atoms with Crippen LogP contribution in [0.1, 0.15) is 29.3 Å².